The van der Waals surface area contributed by atoms with Crippen molar-refractivity contribution in [1.82, 2.24) is 10.2 Å². The van der Waals surface area contributed by atoms with Gasteiger partial charge in [0.1, 0.15) is 0 Å². The van der Waals surface area contributed by atoms with Crippen molar-refractivity contribution in [3.63, 3.8) is 0 Å². The van der Waals surface area contributed by atoms with E-state index in [1.807, 2.05) is 0 Å². The number of nitrogens with zero attached hydrogens (tertiary/aromatic N) is 1. The minimum absolute atomic E-state index is 0.773. The average Bonchev–Trinajstić information content (AvgIpc) is 3.22. The van der Waals surface area contributed by atoms with Crippen molar-refractivity contribution in [2.45, 2.75) is 45.2 Å². The van der Waals surface area contributed by atoms with Crippen molar-refractivity contribution >= 4 is 0 Å². The third kappa shape index (κ3) is 4.05. The number of hydrogen-bond acceptors (Lipinski definition) is 2. The third-order valence-corrected chi connectivity index (χ3v) is 4.47. The van der Waals surface area contributed by atoms with Crippen molar-refractivity contribution in [3.8, 4) is 0 Å². The lowest BCUT2D eigenvalue weighted by Crippen LogP contribution is -2.42. The summed E-state index contributed by atoms with van der Waals surface area (Å²) in [6, 6.07) is 9.70. The molecule has 104 valence electrons. The first-order valence-corrected chi connectivity index (χ1v) is 7.81. The van der Waals surface area contributed by atoms with E-state index in [-0.39, 0.29) is 0 Å². The molecule has 0 radical (unpaired) electrons. The van der Waals surface area contributed by atoms with Crippen LogP contribution in [0.2, 0.25) is 0 Å². The second kappa shape index (κ2) is 6.06. The van der Waals surface area contributed by atoms with Crippen LogP contribution in [0.15, 0.2) is 24.3 Å². The quantitative estimate of drug-likeness (QED) is 0.873. The van der Waals surface area contributed by atoms with Crippen LogP contribution in [-0.2, 0) is 6.54 Å². The van der Waals surface area contributed by atoms with Gasteiger partial charge in [-0.25, -0.2) is 0 Å². The third-order valence-electron chi connectivity index (χ3n) is 4.47. The second-order valence-corrected chi connectivity index (χ2v) is 6.39. The van der Waals surface area contributed by atoms with Crippen LogP contribution in [0, 0.1) is 12.8 Å². The van der Waals surface area contributed by atoms with Gasteiger partial charge >= 0.3 is 0 Å². The number of piperidine rings is 1. The first-order chi connectivity index (χ1) is 9.29. The molecule has 0 unspecified atom stereocenters. The fourth-order valence-electron chi connectivity index (χ4n) is 3.02. The maximum atomic E-state index is 3.75. The van der Waals surface area contributed by atoms with Crippen LogP contribution < -0.4 is 5.32 Å². The predicted octanol–water partition coefficient (Wildman–Crippen LogP) is 2.96. The lowest BCUT2D eigenvalue weighted by molar-refractivity contribution is 0.190. The summed E-state index contributed by atoms with van der Waals surface area (Å²) in [6.45, 7) is 7.06. The number of nitrogens with one attached hydrogen (secondary N) is 1. The molecule has 2 fully saturated rings. The summed E-state index contributed by atoms with van der Waals surface area (Å²) in [7, 11) is 0. The van der Waals surface area contributed by atoms with E-state index >= 15 is 0 Å². The molecule has 0 amide bonds. The minimum Gasteiger partial charge on any atom is -0.314 e. The van der Waals surface area contributed by atoms with Crippen LogP contribution in [0.1, 0.15) is 36.8 Å². The molecule has 1 heterocycles. The standard InChI is InChI=1S/C17H26N2/c1-14-3-2-4-16(11-14)13-19-9-7-17(8-10-19)18-12-15-5-6-15/h2-4,11,15,17-18H,5-10,12-13H2,1H3. The molecule has 1 saturated heterocycles. The Hall–Kier alpha value is -0.860. The number of rotatable bonds is 5. The number of benzene rings is 1. The fraction of sp³-hybridized carbons (Fsp3) is 0.647. The highest BCUT2D eigenvalue weighted by molar-refractivity contribution is 5.22. The van der Waals surface area contributed by atoms with E-state index in [0.29, 0.717) is 0 Å². The molecule has 0 spiro atoms. The first kappa shape index (κ1) is 13.1. The highest BCUT2D eigenvalue weighted by Crippen LogP contribution is 2.28. The summed E-state index contributed by atoms with van der Waals surface area (Å²) in [4.78, 5) is 2.60. The zero-order valence-corrected chi connectivity index (χ0v) is 12.1. The number of hydrogen-bond donors (Lipinski definition) is 1. The van der Waals surface area contributed by atoms with Crippen molar-refractivity contribution in [3.05, 3.63) is 35.4 Å². The lowest BCUT2D eigenvalue weighted by atomic mass is 10.0. The molecule has 2 nitrogen and oxygen atoms in total. The zero-order valence-electron chi connectivity index (χ0n) is 12.1. The van der Waals surface area contributed by atoms with Crippen molar-refractivity contribution in [1.29, 1.82) is 0 Å². The van der Waals surface area contributed by atoms with Crippen LogP contribution in [0.25, 0.3) is 0 Å². The fourth-order valence-corrected chi connectivity index (χ4v) is 3.02. The molecule has 1 aromatic rings. The topological polar surface area (TPSA) is 15.3 Å². The predicted molar refractivity (Wildman–Crippen MR) is 80.2 cm³/mol. The van der Waals surface area contributed by atoms with Crippen LogP contribution >= 0.6 is 0 Å². The lowest BCUT2D eigenvalue weighted by Gasteiger charge is -2.32. The molecule has 1 aliphatic carbocycles. The summed E-state index contributed by atoms with van der Waals surface area (Å²) in [5.74, 6) is 1.00. The van der Waals surface area contributed by atoms with Crippen LogP contribution in [0.3, 0.4) is 0 Å². The molecule has 1 aromatic carbocycles. The summed E-state index contributed by atoms with van der Waals surface area (Å²) >= 11 is 0. The number of likely N-dealkylation sites (tertiary alicyclic amines) is 1. The van der Waals surface area contributed by atoms with E-state index in [1.54, 1.807) is 0 Å². The van der Waals surface area contributed by atoms with Gasteiger partial charge in [0, 0.05) is 12.6 Å². The number of aryl methyl sites for hydroxylation is 1. The van der Waals surface area contributed by atoms with E-state index in [0.717, 1.165) is 18.5 Å². The Morgan fingerprint density at radius 1 is 1.16 bits per heavy atom. The van der Waals surface area contributed by atoms with Gasteiger partial charge in [-0.3, -0.25) is 4.90 Å². The summed E-state index contributed by atoms with van der Waals surface area (Å²) in [5, 5.41) is 3.75. The van der Waals surface area contributed by atoms with Crippen LogP contribution in [0.4, 0.5) is 0 Å². The highest BCUT2D eigenvalue weighted by atomic mass is 15.1. The molecule has 0 bridgehead atoms. The zero-order chi connectivity index (χ0) is 13.1. The van der Waals surface area contributed by atoms with E-state index in [4.69, 9.17) is 0 Å². The maximum absolute atomic E-state index is 3.75. The van der Waals surface area contributed by atoms with E-state index < -0.39 is 0 Å². The van der Waals surface area contributed by atoms with Gasteiger partial charge in [-0.15, -0.1) is 0 Å². The van der Waals surface area contributed by atoms with E-state index in [9.17, 15) is 0 Å². The molecule has 0 aromatic heterocycles. The molecule has 1 N–H and O–H groups in total. The van der Waals surface area contributed by atoms with Crippen molar-refractivity contribution in [2.24, 2.45) is 5.92 Å². The molecule has 2 heteroatoms. The van der Waals surface area contributed by atoms with Gasteiger partial charge in [-0.05, 0) is 63.7 Å². The van der Waals surface area contributed by atoms with Gasteiger partial charge < -0.3 is 5.32 Å². The largest absolute Gasteiger partial charge is 0.314 e. The molecule has 2 aliphatic rings. The Balaban J connectivity index is 1.42. The van der Waals surface area contributed by atoms with Gasteiger partial charge in [0.15, 0.2) is 0 Å². The molecule has 0 atom stereocenters. The van der Waals surface area contributed by atoms with Gasteiger partial charge in [0.25, 0.3) is 0 Å². The normalized spacial score (nSPS) is 21.7. The Bertz CT molecular complexity index is 403. The second-order valence-electron chi connectivity index (χ2n) is 6.39. The molecule has 19 heavy (non-hydrogen) atoms. The molecular weight excluding hydrogens is 232 g/mol. The van der Waals surface area contributed by atoms with Crippen molar-refractivity contribution in [2.75, 3.05) is 19.6 Å². The summed E-state index contributed by atoms with van der Waals surface area (Å²) in [5.41, 5.74) is 2.84. The minimum atomic E-state index is 0.773. The SMILES string of the molecule is Cc1cccc(CN2CCC(NCC3CC3)CC2)c1. The van der Waals surface area contributed by atoms with Crippen LogP contribution in [0.5, 0.6) is 0 Å². The van der Waals surface area contributed by atoms with Crippen LogP contribution in [-0.4, -0.2) is 30.6 Å². The van der Waals surface area contributed by atoms with Gasteiger partial charge in [0.05, 0.1) is 0 Å². The summed E-state index contributed by atoms with van der Waals surface area (Å²) < 4.78 is 0. The van der Waals surface area contributed by atoms with Gasteiger partial charge in [-0.1, -0.05) is 29.8 Å². The van der Waals surface area contributed by atoms with E-state index in [1.165, 1.54) is 56.4 Å². The molecule has 1 aliphatic heterocycles. The average molecular weight is 258 g/mol. The maximum Gasteiger partial charge on any atom is 0.0233 e. The molecule has 1 saturated carbocycles. The van der Waals surface area contributed by atoms with Gasteiger partial charge in [-0.2, -0.15) is 0 Å². The first-order valence-electron chi connectivity index (χ1n) is 7.81. The Morgan fingerprint density at radius 3 is 2.63 bits per heavy atom. The Kier molecular flexibility index (Phi) is 4.19. The monoisotopic (exact) mass is 258 g/mol. The summed E-state index contributed by atoms with van der Waals surface area (Å²) in [6.07, 6.45) is 5.55. The Morgan fingerprint density at radius 2 is 1.95 bits per heavy atom. The van der Waals surface area contributed by atoms with E-state index in [2.05, 4.69) is 41.4 Å². The van der Waals surface area contributed by atoms with Gasteiger partial charge in [0.2, 0.25) is 0 Å². The Labute approximate surface area is 117 Å². The van der Waals surface area contributed by atoms with Crippen molar-refractivity contribution < 1.29 is 0 Å². The molecular formula is C17H26N2. The molecule has 3 rings (SSSR count). The smallest absolute Gasteiger partial charge is 0.0233 e. The highest BCUT2D eigenvalue weighted by Gasteiger charge is 2.24.